The van der Waals surface area contributed by atoms with Gasteiger partial charge in [-0.2, -0.15) is 0 Å². The van der Waals surface area contributed by atoms with Gasteiger partial charge in [-0.25, -0.2) is 0 Å². The average Bonchev–Trinajstić information content (AvgIpc) is 2.25. The maximum Gasteiger partial charge on any atom is 0.308 e. The van der Waals surface area contributed by atoms with E-state index in [-0.39, 0.29) is 6.54 Å². The molecular weight excluding hydrogens is 288 g/mol. The van der Waals surface area contributed by atoms with Crippen molar-refractivity contribution in [3.8, 4) is 0 Å². The molecule has 1 aromatic carbocycles. The number of carbonyl (C=O) groups excluding carboxylic acids is 1. The van der Waals surface area contributed by atoms with E-state index in [1.165, 1.54) is 0 Å². The number of hydrogen-bond donors (Lipinski definition) is 3. The first-order valence-corrected chi connectivity index (χ1v) is 5.77. The van der Waals surface area contributed by atoms with Crippen LogP contribution in [0.25, 0.3) is 0 Å². The molecule has 92 valence electrons. The Kier molecular flexibility index (Phi) is 4.51. The van der Waals surface area contributed by atoms with Crippen molar-refractivity contribution >= 4 is 33.5 Å². The van der Waals surface area contributed by atoms with Crippen molar-refractivity contribution in [1.29, 1.82) is 0 Å². The summed E-state index contributed by atoms with van der Waals surface area (Å²) in [6, 6.07) is 4.97. The predicted octanol–water partition coefficient (Wildman–Crippen LogP) is 1.68. The maximum atomic E-state index is 11.2. The van der Waals surface area contributed by atoms with E-state index in [1.807, 2.05) is 0 Å². The van der Waals surface area contributed by atoms with Gasteiger partial charge in [0, 0.05) is 16.7 Å². The lowest BCUT2D eigenvalue weighted by atomic mass is 10.1. The van der Waals surface area contributed by atoms with Gasteiger partial charge in [0.15, 0.2) is 0 Å². The quantitative estimate of drug-likeness (QED) is 0.771. The second-order valence-electron chi connectivity index (χ2n) is 3.67. The lowest BCUT2D eigenvalue weighted by molar-refractivity contribution is -0.140. The minimum Gasteiger partial charge on any atom is -0.481 e. The summed E-state index contributed by atoms with van der Waals surface area (Å²) >= 11 is 3.27. The summed E-state index contributed by atoms with van der Waals surface area (Å²) in [5.41, 5.74) is 6.09. The zero-order chi connectivity index (χ0) is 13.0. The lowest BCUT2D eigenvalue weighted by Gasteiger charge is -2.12. The molecule has 0 saturated carbocycles. The highest BCUT2D eigenvalue weighted by molar-refractivity contribution is 9.10. The van der Waals surface area contributed by atoms with Gasteiger partial charge >= 0.3 is 5.97 Å². The molecule has 1 unspecified atom stereocenters. The Morgan fingerprint density at radius 1 is 1.53 bits per heavy atom. The number of nitrogens with one attached hydrogen (secondary N) is 1. The normalized spacial score (nSPS) is 11.9. The second kappa shape index (κ2) is 5.67. The number of nitrogens with two attached hydrogens (primary N) is 1. The summed E-state index contributed by atoms with van der Waals surface area (Å²) in [5, 5.41) is 11.7. The fourth-order valence-corrected chi connectivity index (χ4v) is 1.59. The van der Waals surface area contributed by atoms with Gasteiger partial charge in [0.25, 0.3) is 5.91 Å². The lowest BCUT2D eigenvalue weighted by Crippen LogP contribution is -2.21. The van der Waals surface area contributed by atoms with E-state index in [0.29, 0.717) is 11.3 Å². The highest BCUT2D eigenvalue weighted by Crippen LogP contribution is 2.21. The van der Waals surface area contributed by atoms with Crippen LogP contribution in [-0.2, 0) is 4.79 Å². The van der Waals surface area contributed by atoms with Gasteiger partial charge < -0.3 is 16.2 Å². The van der Waals surface area contributed by atoms with Crippen LogP contribution in [0.2, 0.25) is 0 Å². The summed E-state index contributed by atoms with van der Waals surface area (Å²) in [5.74, 6) is -1.99. The summed E-state index contributed by atoms with van der Waals surface area (Å²) < 4.78 is 0.785. The second-order valence-corrected chi connectivity index (χ2v) is 4.59. The van der Waals surface area contributed by atoms with Crippen molar-refractivity contribution in [2.24, 2.45) is 11.7 Å². The van der Waals surface area contributed by atoms with E-state index in [4.69, 9.17) is 10.8 Å². The minimum absolute atomic E-state index is 0.228. The first kappa shape index (κ1) is 13.5. The van der Waals surface area contributed by atoms with Crippen molar-refractivity contribution in [3.63, 3.8) is 0 Å². The number of carboxylic acid groups (broad SMARTS) is 1. The van der Waals surface area contributed by atoms with Gasteiger partial charge in [-0.15, -0.1) is 0 Å². The molecule has 6 heteroatoms. The van der Waals surface area contributed by atoms with Gasteiger partial charge in [0.2, 0.25) is 0 Å². The van der Waals surface area contributed by atoms with E-state index in [1.54, 1.807) is 25.1 Å². The smallest absolute Gasteiger partial charge is 0.308 e. The molecule has 0 bridgehead atoms. The summed E-state index contributed by atoms with van der Waals surface area (Å²) in [4.78, 5) is 21.8. The molecule has 0 radical (unpaired) electrons. The highest BCUT2D eigenvalue weighted by Gasteiger charge is 2.13. The molecule has 4 N–H and O–H groups in total. The Hall–Kier alpha value is -1.56. The molecule has 0 aliphatic rings. The number of primary amides is 1. The Labute approximate surface area is 107 Å². The third-order valence-corrected chi connectivity index (χ3v) is 2.76. The number of rotatable bonds is 5. The molecule has 1 rings (SSSR count). The highest BCUT2D eigenvalue weighted by atomic mass is 79.9. The molecule has 17 heavy (non-hydrogen) atoms. The van der Waals surface area contributed by atoms with E-state index in [9.17, 15) is 9.59 Å². The number of carbonyl (C=O) groups is 2. The van der Waals surface area contributed by atoms with Crippen LogP contribution in [0.3, 0.4) is 0 Å². The first-order chi connectivity index (χ1) is 7.91. The van der Waals surface area contributed by atoms with Crippen molar-refractivity contribution in [3.05, 3.63) is 28.2 Å². The Bertz CT molecular complexity index is 448. The number of anilines is 1. The SMILES string of the molecule is CC(CNc1cc(Br)ccc1C(N)=O)C(=O)O. The first-order valence-electron chi connectivity index (χ1n) is 4.98. The summed E-state index contributed by atoms with van der Waals surface area (Å²) in [6.45, 7) is 1.81. The summed E-state index contributed by atoms with van der Waals surface area (Å²) in [7, 11) is 0. The van der Waals surface area contributed by atoms with E-state index < -0.39 is 17.8 Å². The van der Waals surface area contributed by atoms with Crippen molar-refractivity contribution in [2.75, 3.05) is 11.9 Å². The Morgan fingerprint density at radius 2 is 2.18 bits per heavy atom. The molecule has 0 fully saturated rings. The van der Waals surface area contributed by atoms with Crippen molar-refractivity contribution in [1.82, 2.24) is 0 Å². The van der Waals surface area contributed by atoms with Crippen LogP contribution in [-0.4, -0.2) is 23.5 Å². The molecule has 0 saturated heterocycles. The van der Waals surface area contributed by atoms with Gasteiger partial charge in [-0.3, -0.25) is 9.59 Å². The minimum atomic E-state index is -0.895. The third kappa shape index (κ3) is 3.74. The van der Waals surface area contributed by atoms with Crippen molar-refractivity contribution < 1.29 is 14.7 Å². The largest absolute Gasteiger partial charge is 0.481 e. The molecular formula is C11H13BrN2O3. The molecule has 1 atom stereocenters. The Morgan fingerprint density at radius 3 is 2.71 bits per heavy atom. The number of amides is 1. The van der Waals surface area contributed by atoms with Crippen LogP contribution in [0.5, 0.6) is 0 Å². The van der Waals surface area contributed by atoms with Crippen LogP contribution in [0.4, 0.5) is 5.69 Å². The predicted molar refractivity (Wildman–Crippen MR) is 67.9 cm³/mol. The van der Waals surface area contributed by atoms with E-state index in [0.717, 1.165) is 4.47 Å². The fraction of sp³-hybridized carbons (Fsp3) is 0.273. The van der Waals surface area contributed by atoms with Crippen LogP contribution < -0.4 is 11.1 Å². The zero-order valence-corrected chi connectivity index (χ0v) is 10.8. The fourth-order valence-electron chi connectivity index (χ4n) is 1.23. The molecule has 0 aliphatic heterocycles. The van der Waals surface area contributed by atoms with Crippen LogP contribution in [0, 0.1) is 5.92 Å². The summed E-state index contributed by atoms with van der Waals surface area (Å²) in [6.07, 6.45) is 0. The molecule has 0 spiro atoms. The number of halogens is 1. The average molecular weight is 301 g/mol. The molecule has 0 aliphatic carbocycles. The topological polar surface area (TPSA) is 92.4 Å². The zero-order valence-electron chi connectivity index (χ0n) is 9.24. The van der Waals surface area contributed by atoms with Crippen LogP contribution in [0.1, 0.15) is 17.3 Å². The van der Waals surface area contributed by atoms with Crippen LogP contribution >= 0.6 is 15.9 Å². The van der Waals surface area contributed by atoms with Crippen LogP contribution in [0.15, 0.2) is 22.7 Å². The molecule has 5 nitrogen and oxygen atoms in total. The van der Waals surface area contributed by atoms with E-state index >= 15 is 0 Å². The van der Waals surface area contributed by atoms with E-state index in [2.05, 4.69) is 21.2 Å². The van der Waals surface area contributed by atoms with Crippen molar-refractivity contribution in [2.45, 2.75) is 6.92 Å². The molecule has 0 aromatic heterocycles. The number of hydrogen-bond acceptors (Lipinski definition) is 3. The maximum absolute atomic E-state index is 11.2. The monoisotopic (exact) mass is 300 g/mol. The standard InChI is InChI=1S/C11H13BrN2O3/c1-6(11(16)17)5-14-9-4-7(12)2-3-8(9)10(13)15/h2-4,6,14H,5H2,1H3,(H2,13,15)(H,16,17). The molecule has 1 amide bonds. The molecule has 1 aromatic rings. The molecule has 0 heterocycles. The van der Waals surface area contributed by atoms with Gasteiger partial charge in [0.05, 0.1) is 11.5 Å². The number of benzene rings is 1. The van der Waals surface area contributed by atoms with Gasteiger partial charge in [0.1, 0.15) is 0 Å². The third-order valence-electron chi connectivity index (χ3n) is 2.27. The number of aliphatic carboxylic acids is 1. The number of carboxylic acids is 1. The Balaban J connectivity index is 2.85. The van der Waals surface area contributed by atoms with Gasteiger partial charge in [-0.1, -0.05) is 22.9 Å². The van der Waals surface area contributed by atoms with Gasteiger partial charge in [-0.05, 0) is 18.2 Å².